The second-order valence-electron chi connectivity index (χ2n) is 12.1. The molecule has 7 heterocycles. The molecular formula is C43H28N8ORu. The number of H-pyrrole nitrogens is 1. The molecule has 0 aliphatic heterocycles. The number of aromatic hydroxyl groups is 1. The van der Waals surface area contributed by atoms with Gasteiger partial charge in [0.1, 0.15) is 11.6 Å². The Bertz CT molecular complexity index is 2770. The summed E-state index contributed by atoms with van der Waals surface area (Å²) in [7, 11) is 0. The SMILES string of the molecule is Oc1ccc(-c2nc3c4cccnc4c4ncccc4c3[nH]2)cc1.[Ru].c1cnc2c(c1)ccc1cccnc12.c1cnc2c(c1)ccc1cccnc12. The van der Waals surface area contributed by atoms with E-state index in [1.165, 1.54) is 0 Å². The number of rotatable bonds is 1. The van der Waals surface area contributed by atoms with E-state index < -0.39 is 0 Å². The molecule has 10 heteroatoms. The summed E-state index contributed by atoms with van der Waals surface area (Å²) in [4.78, 5) is 34.6. The van der Waals surface area contributed by atoms with E-state index in [2.05, 4.69) is 83.4 Å². The predicted octanol–water partition coefficient (Wildman–Crippen LogP) is 9.60. The molecule has 9 nitrogen and oxygen atoms in total. The summed E-state index contributed by atoms with van der Waals surface area (Å²) in [5.74, 6) is 0.991. The monoisotopic (exact) mass is 774 g/mol. The third-order valence-corrected chi connectivity index (χ3v) is 8.90. The van der Waals surface area contributed by atoms with Gasteiger partial charge in [-0.05, 0) is 72.8 Å². The van der Waals surface area contributed by atoms with Crippen molar-refractivity contribution in [2.75, 3.05) is 0 Å². The first kappa shape index (κ1) is 33.4. The van der Waals surface area contributed by atoms with E-state index in [9.17, 15) is 5.11 Å². The van der Waals surface area contributed by atoms with Crippen molar-refractivity contribution in [2.24, 2.45) is 0 Å². The number of imidazole rings is 1. The second-order valence-corrected chi connectivity index (χ2v) is 12.1. The van der Waals surface area contributed by atoms with Crippen molar-refractivity contribution in [3.05, 3.63) is 159 Å². The molecule has 7 aromatic heterocycles. The minimum absolute atomic E-state index is 0. The Labute approximate surface area is 315 Å². The zero-order valence-electron chi connectivity index (χ0n) is 27.9. The number of hydrogen-bond acceptors (Lipinski definition) is 8. The smallest absolute Gasteiger partial charge is 0.138 e. The first-order valence-corrected chi connectivity index (χ1v) is 16.7. The maximum atomic E-state index is 9.48. The number of benzene rings is 4. The molecule has 4 aromatic carbocycles. The van der Waals surface area contributed by atoms with Gasteiger partial charge < -0.3 is 10.1 Å². The van der Waals surface area contributed by atoms with E-state index >= 15 is 0 Å². The summed E-state index contributed by atoms with van der Waals surface area (Å²) in [5.41, 5.74) is 8.36. The van der Waals surface area contributed by atoms with Crippen LogP contribution in [0.15, 0.2) is 159 Å². The fourth-order valence-electron chi connectivity index (χ4n) is 6.46. The van der Waals surface area contributed by atoms with Crippen molar-refractivity contribution in [2.45, 2.75) is 0 Å². The Balaban J connectivity index is 0.000000119. The summed E-state index contributed by atoms with van der Waals surface area (Å²) in [6.07, 6.45) is 10.8. The molecular weight excluding hydrogens is 746 g/mol. The summed E-state index contributed by atoms with van der Waals surface area (Å²) >= 11 is 0. The number of hydrogen-bond donors (Lipinski definition) is 2. The number of aromatic nitrogens is 8. The number of aromatic amines is 1. The van der Waals surface area contributed by atoms with Crippen LogP contribution in [0.25, 0.3) is 87.8 Å². The van der Waals surface area contributed by atoms with Crippen LogP contribution in [0.2, 0.25) is 0 Å². The van der Waals surface area contributed by atoms with Crippen molar-refractivity contribution in [3.63, 3.8) is 0 Å². The van der Waals surface area contributed by atoms with Gasteiger partial charge in [-0.1, -0.05) is 48.5 Å². The molecule has 0 fully saturated rings. The second kappa shape index (κ2) is 14.5. The summed E-state index contributed by atoms with van der Waals surface area (Å²) < 4.78 is 0. The standard InChI is InChI=1S/C19H12N4O.2C12H8N2.Ru/c24-12-7-5-11(6-8-12)19-22-17-13-3-1-9-20-15(13)16-14(18(17)23-19)4-2-10-21-16;2*1-3-9-5-6-10-4-2-8-14-12(10)11(9)13-7-1;/h1-10,24H,(H,22,23);2*1-8H;. The molecule has 0 spiro atoms. The third-order valence-electron chi connectivity index (χ3n) is 8.90. The minimum Gasteiger partial charge on any atom is -0.508 e. The van der Waals surface area contributed by atoms with E-state index in [0.717, 1.165) is 87.8 Å². The van der Waals surface area contributed by atoms with Crippen LogP contribution in [0.1, 0.15) is 0 Å². The molecule has 0 amide bonds. The summed E-state index contributed by atoms with van der Waals surface area (Å²) in [6, 6.07) is 39.1. The van der Waals surface area contributed by atoms with Gasteiger partial charge in [0.15, 0.2) is 0 Å². The van der Waals surface area contributed by atoms with Crippen LogP contribution in [0.3, 0.4) is 0 Å². The number of fused-ring (bicyclic) bond motifs is 12. The van der Waals surface area contributed by atoms with Crippen molar-refractivity contribution in [1.29, 1.82) is 0 Å². The maximum Gasteiger partial charge on any atom is 0.138 e. The van der Waals surface area contributed by atoms with Gasteiger partial charge in [0, 0.05) is 94.5 Å². The van der Waals surface area contributed by atoms with Crippen molar-refractivity contribution in [3.8, 4) is 17.1 Å². The largest absolute Gasteiger partial charge is 0.508 e. The van der Waals surface area contributed by atoms with Gasteiger partial charge in [-0.15, -0.1) is 0 Å². The van der Waals surface area contributed by atoms with E-state index in [-0.39, 0.29) is 25.2 Å². The molecule has 0 saturated carbocycles. The number of phenolic OH excluding ortho intramolecular Hbond substituents is 1. The Morgan fingerprint density at radius 3 is 1.21 bits per heavy atom. The fourth-order valence-corrected chi connectivity index (χ4v) is 6.46. The molecule has 0 aliphatic rings. The molecule has 0 aliphatic carbocycles. The average Bonchev–Trinajstić information content (AvgIpc) is 3.68. The van der Waals surface area contributed by atoms with Gasteiger partial charge in [-0.3, -0.25) is 29.9 Å². The van der Waals surface area contributed by atoms with E-state index in [1.54, 1.807) is 49.3 Å². The first-order chi connectivity index (χ1) is 25.7. The van der Waals surface area contributed by atoms with E-state index in [0.29, 0.717) is 0 Å². The fraction of sp³-hybridized carbons (Fsp3) is 0. The molecule has 0 bridgehead atoms. The molecule has 11 rings (SSSR count). The molecule has 53 heavy (non-hydrogen) atoms. The Hall–Kier alpha value is -6.77. The van der Waals surface area contributed by atoms with Gasteiger partial charge in [-0.2, -0.15) is 0 Å². The zero-order chi connectivity index (χ0) is 34.9. The molecule has 0 saturated heterocycles. The van der Waals surface area contributed by atoms with Gasteiger partial charge in [0.05, 0.1) is 44.1 Å². The number of nitrogens with zero attached hydrogens (tertiary/aromatic N) is 7. The van der Waals surface area contributed by atoms with Gasteiger partial charge in [-0.25, -0.2) is 4.98 Å². The zero-order valence-corrected chi connectivity index (χ0v) is 29.7. The minimum atomic E-state index is 0. The number of pyridine rings is 6. The van der Waals surface area contributed by atoms with E-state index in [4.69, 9.17) is 4.98 Å². The van der Waals surface area contributed by atoms with Crippen LogP contribution in [-0.4, -0.2) is 45.0 Å². The maximum absolute atomic E-state index is 9.48. The van der Waals surface area contributed by atoms with Crippen molar-refractivity contribution in [1.82, 2.24) is 39.9 Å². The van der Waals surface area contributed by atoms with Gasteiger partial charge in [0.2, 0.25) is 0 Å². The van der Waals surface area contributed by atoms with Crippen molar-refractivity contribution < 1.29 is 24.6 Å². The molecule has 11 aromatic rings. The van der Waals surface area contributed by atoms with Crippen LogP contribution in [0.5, 0.6) is 5.75 Å². The number of nitrogens with one attached hydrogen (secondary N) is 1. The van der Waals surface area contributed by atoms with Crippen LogP contribution in [0, 0.1) is 0 Å². The molecule has 0 unspecified atom stereocenters. The Kier molecular flexibility index (Phi) is 9.11. The van der Waals surface area contributed by atoms with Gasteiger partial charge in [0.25, 0.3) is 0 Å². The van der Waals surface area contributed by atoms with Crippen LogP contribution < -0.4 is 0 Å². The first-order valence-electron chi connectivity index (χ1n) is 16.7. The van der Waals surface area contributed by atoms with E-state index in [1.807, 2.05) is 60.7 Å². The predicted molar refractivity (Wildman–Crippen MR) is 208 cm³/mol. The normalized spacial score (nSPS) is 10.9. The quantitative estimate of drug-likeness (QED) is 0.125. The molecule has 254 valence electrons. The Morgan fingerprint density at radius 1 is 0.377 bits per heavy atom. The van der Waals surface area contributed by atoms with Crippen LogP contribution in [0.4, 0.5) is 0 Å². The molecule has 2 N–H and O–H groups in total. The molecule has 0 radical (unpaired) electrons. The van der Waals surface area contributed by atoms with Crippen LogP contribution >= 0.6 is 0 Å². The van der Waals surface area contributed by atoms with Crippen LogP contribution in [-0.2, 0) is 19.5 Å². The number of phenols is 1. The topological polar surface area (TPSA) is 126 Å². The molecule has 0 atom stereocenters. The average molecular weight is 774 g/mol. The third kappa shape index (κ3) is 6.37. The van der Waals surface area contributed by atoms with Gasteiger partial charge >= 0.3 is 0 Å². The van der Waals surface area contributed by atoms with Crippen molar-refractivity contribution >= 4 is 76.5 Å². The summed E-state index contributed by atoms with van der Waals surface area (Å²) in [6.45, 7) is 0. The Morgan fingerprint density at radius 2 is 0.755 bits per heavy atom. The summed E-state index contributed by atoms with van der Waals surface area (Å²) in [5, 5.41) is 16.0.